The third-order valence-electron chi connectivity index (χ3n) is 4.19. The van der Waals surface area contributed by atoms with Crippen LogP contribution in [0.4, 0.5) is 0 Å². The zero-order valence-electron chi connectivity index (χ0n) is 14.4. The topological polar surface area (TPSA) is 66.4 Å². The second kappa shape index (κ2) is 8.64. The molecule has 136 valence electrons. The zero-order valence-corrected chi connectivity index (χ0v) is 16.0. The lowest BCUT2D eigenvalue weighted by Gasteiger charge is -2.15. The lowest BCUT2D eigenvalue weighted by molar-refractivity contribution is -0.139. The van der Waals surface area contributed by atoms with E-state index in [0.717, 1.165) is 21.2 Å². The number of aliphatic carboxylic acids is 1. The molecule has 1 amide bonds. The molecule has 0 aliphatic heterocycles. The van der Waals surface area contributed by atoms with E-state index >= 15 is 0 Å². The van der Waals surface area contributed by atoms with Crippen LogP contribution < -0.4 is 5.32 Å². The quantitative estimate of drug-likeness (QED) is 0.611. The van der Waals surface area contributed by atoms with E-state index in [0.29, 0.717) is 5.56 Å². The first-order chi connectivity index (χ1) is 13.0. The molecular formula is C22H18BrNO3. The van der Waals surface area contributed by atoms with Crippen molar-refractivity contribution in [3.8, 4) is 11.1 Å². The first-order valence-corrected chi connectivity index (χ1v) is 9.26. The number of halogens is 1. The predicted octanol–water partition coefficient (Wildman–Crippen LogP) is 4.54. The molecule has 3 aromatic rings. The molecule has 4 nitrogen and oxygen atoms in total. The van der Waals surface area contributed by atoms with Crippen molar-refractivity contribution in [1.82, 2.24) is 5.32 Å². The second-order valence-electron chi connectivity index (χ2n) is 6.14. The Balaban J connectivity index is 1.71. The molecule has 1 atom stereocenters. The highest BCUT2D eigenvalue weighted by atomic mass is 79.9. The average Bonchev–Trinajstić information content (AvgIpc) is 2.68. The Hall–Kier alpha value is -2.92. The van der Waals surface area contributed by atoms with Crippen LogP contribution in [0.1, 0.15) is 15.9 Å². The van der Waals surface area contributed by atoms with Gasteiger partial charge in [0.05, 0.1) is 0 Å². The summed E-state index contributed by atoms with van der Waals surface area (Å²) in [6.45, 7) is 0. The molecule has 0 fully saturated rings. The van der Waals surface area contributed by atoms with Crippen molar-refractivity contribution in [2.24, 2.45) is 0 Å². The number of carboxylic acids is 1. The van der Waals surface area contributed by atoms with Gasteiger partial charge in [0.1, 0.15) is 6.04 Å². The van der Waals surface area contributed by atoms with Gasteiger partial charge in [0.15, 0.2) is 0 Å². The van der Waals surface area contributed by atoms with Crippen molar-refractivity contribution in [2.45, 2.75) is 12.5 Å². The highest BCUT2D eigenvalue weighted by molar-refractivity contribution is 9.10. The summed E-state index contributed by atoms with van der Waals surface area (Å²) in [4.78, 5) is 23.9. The minimum Gasteiger partial charge on any atom is -0.480 e. The van der Waals surface area contributed by atoms with E-state index in [-0.39, 0.29) is 6.42 Å². The van der Waals surface area contributed by atoms with Gasteiger partial charge in [-0.25, -0.2) is 4.79 Å². The maximum atomic E-state index is 12.3. The average molecular weight is 424 g/mol. The minimum atomic E-state index is -1.06. The lowest BCUT2D eigenvalue weighted by atomic mass is 10.0. The maximum absolute atomic E-state index is 12.3. The fourth-order valence-corrected chi connectivity index (χ4v) is 3.17. The molecular weight excluding hydrogens is 406 g/mol. The van der Waals surface area contributed by atoms with E-state index in [1.54, 1.807) is 24.3 Å². The fraction of sp³-hybridized carbons (Fsp3) is 0.0909. The Morgan fingerprint density at radius 2 is 1.56 bits per heavy atom. The largest absolute Gasteiger partial charge is 0.480 e. The van der Waals surface area contributed by atoms with Crippen molar-refractivity contribution in [3.63, 3.8) is 0 Å². The van der Waals surface area contributed by atoms with E-state index in [9.17, 15) is 14.7 Å². The lowest BCUT2D eigenvalue weighted by Crippen LogP contribution is -2.42. The van der Waals surface area contributed by atoms with Gasteiger partial charge in [0, 0.05) is 16.5 Å². The number of hydrogen-bond donors (Lipinski definition) is 2. The van der Waals surface area contributed by atoms with Crippen molar-refractivity contribution >= 4 is 27.8 Å². The Bertz CT molecular complexity index is 939. The van der Waals surface area contributed by atoms with E-state index < -0.39 is 17.9 Å². The number of benzene rings is 3. The highest BCUT2D eigenvalue weighted by Gasteiger charge is 2.21. The van der Waals surface area contributed by atoms with Crippen LogP contribution in [0.2, 0.25) is 0 Å². The molecule has 0 aliphatic carbocycles. The second-order valence-corrected chi connectivity index (χ2v) is 7.06. The van der Waals surface area contributed by atoms with Gasteiger partial charge >= 0.3 is 5.97 Å². The molecule has 0 unspecified atom stereocenters. The summed E-state index contributed by atoms with van der Waals surface area (Å²) in [5, 5.41) is 12.1. The van der Waals surface area contributed by atoms with Crippen LogP contribution in [-0.4, -0.2) is 23.0 Å². The number of carbonyl (C=O) groups is 2. The van der Waals surface area contributed by atoms with Gasteiger partial charge in [-0.05, 0) is 34.9 Å². The number of carbonyl (C=O) groups excluding carboxylic acids is 1. The van der Waals surface area contributed by atoms with Gasteiger partial charge in [-0.15, -0.1) is 0 Å². The molecule has 0 saturated heterocycles. The Morgan fingerprint density at radius 3 is 2.19 bits per heavy atom. The van der Waals surface area contributed by atoms with Crippen LogP contribution in [0.25, 0.3) is 11.1 Å². The third kappa shape index (κ3) is 5.05. The highest BCUT2D eigenvalue weighted by Crippen LogP contribution is 2.20. The summed E-state index contributed by atoms with van der Waals surface area (Å²) in [6, 6.07) is 23.5. The molecule has 3 aromatic carbocycles. The van der Waals surface area contributed by atoms with Crippen LogP contribution in [-0.2, 0) is 11.2 Å². The smallest absolute Gasteiger partial charge is 0.326 e. The molecule has 0 bridgehead atoms. The Kier molecular flexibility index (Phi) is 6.04. The first-order valence-electron chi connectivity index (χ1n) is 8.46. The standard InChI is InChI=1S/C22H18BrNO3/c23-19-8-4-7-18(14-19)21(25)24-20(22(26)27)13-15-9-11-17(12-10-15)16-5-2-1-3-6-16/h1-12,14,20H,13H2,(H,24,25)(H,26,27)/t20-/m0/s1. The molecule has 5 heteroatoms. The van der Waals surface area contributed by atoms with Gasteiger partial charge in [0.2, 0.25) is 0 Å². The molecule has 0 aromatic heterocycles. The fourth-order valence-electron chi connectivity index (χ4n) is 2.77. The Labute approximate surface area is 166 Å². The summed E-state index contributed by atoms with van der Waals surface area (Å²) in [5.41, 5.74) is 3.41. The minimum absolute atomic E-state index is 0.212. The van der Waals surface area contributed by atoms with Gasteiger partial charge < -0.3 is 10.4 Å². The van der Waals surface area contributed by atoms with Crippen LogP contribution in [0.5, 0.6) is 0 Å². The molecule has 0 heterocycles. The van der Waals surface area contributed by atoms with E-state index in [1.807, 2.05) is 54.6 Å². The van der Waals surface area contributed by atoms with Gasteiger partial charge in [-0.1, -0.05) is 76.6 Å². The maximum Gasteiger partial charge on any atom is 0.326 e. The number of rotatable bonds is 6. The summed E-state index contributed by atoms with van der Waals surface area (Å²) < 4.78 is 0.763. The van der Waals surface area contributed by atoms with Crippen molar-refractivity contribution in [2.75, 3.05) is 0 Å². The number of nitrogens with one attached hydrogen (secondary N) is 1. The molecule has 0 saturated carbocycles. The molecule has 2 N–H and O–H groups in total. The Morgan fingerprint density at radius 1 is 0.889 bits per heavy atom. The first kappa shape index (κ1) is 18.9. The van der Waals surface area contributed by atoms with Crippen LogP contribution in [0, 0.1) is 0 Å². The predicted molar refractivity (Wildman–Crippen MR) is 109 cm³/mol. The molecule has 27 heavy (non-hydrogen) atoms. The van der Waals surface area contributed by atoms with Gasteiger partial charge in [0.25, 0.3) is 5.91 Å². The van der Waals surface area contributed by atoms with Crippen molar-refractivity contribution in [3.05, 3.63) is 94.5 Å². The van der Waals surface area contributed by atoms with E-state index in [4.69, 9.17) is 0 Å². The van der Waals surface area contributed by atoms with E-state index in [2.05, 4.69) is 21.2 Å². The van der Waals surface area contributed by atoms with Crippen LogP contribution >= 0.6 is 15.9 Å². The van der Waals surface area contributed by atoms with Crippen LogP contribution in [0.15, 0.2) is 83.3 Å². The number of hydrogen-bond acceptors (Lipinski definition) is 2. The summed E-state index contributed by atoms with van der Waals surface area (Å²) in [5.74, 6) is -1.48. The molecule has 0 aliphatic rings. The summed E-state index contributed by atoms with van der Waals surface area (Å²) in [6.07, 6.45) is 0.212. The molecule has 0 spiro atoms. The van der Waals surface area contributed by atoms with Crippen LogP contribution in [0.3, 0.4) is 0 Å². The normalized spacial score (nSPS) is 11.6. The number of amides is 1. The molecule has 0 radical (unpaired) electrons. The van der Waals surface area contributed by atoms with E-state index in [1.165, 1.54) is 0 Å². The zero-order chi connectivity index (χ0) is 19.2. The van der Waals surface area contributed by atoms with Gasteiger partial charge in [-0.2, -0.15) is 0 Å². The third-order valence-corrected chi connectivity index (χ3v) is 4.68. The SMILES string of the molecule is O=C(N[C@@H](Cc1ccc(-c2ccccc2)cc1)C(=O)O)c1cccc(Br)c1. The van der Waals surface area contributed by atoms with Crippen molar-refractivity contribution in [1.29, 1.82) is 0 Å². The summed E-state index contributed by atoms with van der Waals surface area (Å²) >= 11 is 3.31. The number of carboxylic acid groups (broad SMARTS) is 1. The van der Waals surface area contributed by atoms with Crippen molar-refractivity contribution < 1.29 is 14.7 Å². The monoisotopic (exact) mass is 423 g/mol. The summed E-state index contributed by atoms with van der Waals surface area (Å²) in [7, 11) is 0. The van der Waals surface area contributed by atoms with Gasteiger partial charge in [-0.3, -0.25) is 4.79 Å². The molecule has 3 rings (SSSR count).